The Kier molecular flexibility index (Phi) is 3.98. The number of hydrogen-bond donors (Lipinski definition) is 0. The van der Waals surface area contributed by atoms with Crippen LogP contribution in [0.15, 0.2) is 54.6 Å². The molecular weight excluding hydrogens is 340 g/mol. The van der Waals surface area contributed by atoms with Crippen LogP contribution in [-0.4, -0.2) is 25.8 Å². The highest BCUT2D eigenvalue weighted by Gasteiger charge is 2.31. The molecule has 2 aromatic carbocycles. The molecule has 0 amide bonds. The van der Waals surface area contributed by atoms with Gasteiger partial charge < -0.3 is 0 Å². The van der Waals surface area contributed by atoms with Crippen LogP contribution in [-0.2, 0) is 19.6 Å². The first-order valence-corrected chi connectivity index (χ1v) is 9.75. The van der Waals surface area contributed by atoms with Crippen molar-refractivity contribution in [1.82, 2.24) is 19.2 Å². The van der Waals surface area contributed by atoms with E-state index in [0.717, 1.165) is 42.5 Å². The van der Waals surface area contributed by atoms with Gasteiger partial charge in [-0.05, 0) is 54.7 Å². The zero-order valence-corrected chi connectivity index (χ0v) is 15.5. The molecule has 5 rings (SSSR count). The van der Waals surface area contributed by atoms with E-state index in [2.05, 4.69) is 58.0 Å². The summed E-state index contributed by atoms with van der Waals surface area (Å²) in [7, 11) is 0. The second kappa shape index (κ2) is 6.49. The van der Waals surface area contributed by atoms with Crippen LogP contribution in [0.1, 0.15) is 35.7 Å². The molecule has 0 unspecified atom stereocenters. The summed E-state index contributed by atoms with van der Waals surface area (Å²) in [5.74, 6) is 1.68. The summed E-state index contributed by atoms with van der Waals surface area (Å²) < 4.78 is 4.99. The minimum absolute atomic E-state index is 0.556. The molecule has 1 aliphatic carbocycles. The van der Waals surface area contributed by atoms with Gasteiger partial charge in [-0.3, -0.25) is 9.47 Å². The van der Waals surface area contributed by atoms with Crippen LogP contribution >= 0.6 is 12.2 Å². The van der Waals surface area contributed by atoms with Gasteiger partial charge in [0.1, 0.15) is 5.82 Å². The molecule has 132 valence electrons. The maximum absolute atomic E-state index is 5.82. The molecule has 4 nitrogen and oxygen atoms in total. The average Bonchev–Trinajstić information content (AvgIpc) is 3.48. The third kappa shape index (κ3) is 2.91. The predicted molar refractivity (Wildman–Crippen MR) is 105 cm³/mol. The van der Waals surface area contributed by atoms with Crippen molar-refractivity contribution in [2.45, 2.75) is 38.4 Å². The van der Waals surface area contributed by atoms with Crippen LogP contribution in [0.5, 0.6) is 0 Å². The molecule has 2 heterocycles. The van der Waals surface area contributed by atoms with E-state index in [1.165, 1.54) is 24.0 Å². The third-order valence-electron chi connectivity index (χ3n) is 5.36. The number of fused-ring (bicyclic) bond motifs is 1. The first kappa shape index (κ1) is 16.0. The molecule has 0 saturated heterocycles. The van der Waals surface area contributed by atoms with Crippen molar-refractivity contribution in [1.29, 1.82) is 0 Å². The summed E-state index contributed by atoms with van der Waals surface area (Å²) in [5, 5.41) is 4.93. The van der Waals surface area contributed by atoms with E-state index in [0.29, 0.717) is 5.92 Å². The molecule has 2 aliphatic rings. The largest absolute Gasteiger partial charge is 0.280 e. The second-order valence-electron chi connectivity index (χ2n) is 7.30. The Bertz CT molecular complexity index is 985. The summed E-state index contributed by atoms with van der Waals surface area (Å²) in [5.41, 5.74) is 4.02. The summed E-state index contributed by atoms with van der Waals surface area (Å²) in [6.07, 6.45) is 3.53. The summed E-state index contributed by atoms with van der Waals surface area (Å²) in [6.45, 7) is 2.78. The second-order valence-corrected chi connectivity index (χ2v) is 7.66. The quantitative estimate of drug-likeness (QED) is 0.647. The minimum Gasteiger partial charge on any atom is -0.280 e. The maximum atomic E-state index is 5.82. The molecule has 1 aliphatic heterocycles. The molecule has 0 bridgehead atoms. The van der Waals surface area contributed by atoms with Crippen LogP contribution < -0.4 is 0 Å². The van der Waals surface area contributed by atoms with E-state index in [1.807, 2.05) is 10.7 Å². The SMILES string of the molecule is S=c1n(CN2CCc3ccccc3C2)nc(C2CC2)n1-c1ccccc1. The van der Waals surface area contributed by atoms with Gasteiger partial charge in [-0.15, -0.1) is 0 Å². The lowest BCUT2D eigenvalue weighted by atomic mass is 10.0. The first-order valence-electron chi connectivity index (χ1n) is 9.34. The zero-order valence-electron chi connectivity index (χ0n) is 14.7. The van der Waals surface area contributed by atoms with Crippen LogP contribution in [0.25, 0.3) is 5.69 Å². The van der Waals surface area contributed by atoms with Gasteiger partial charge in [-0.2, -0.15) is 5.10 Å². The lowest BCUT2D eigenvalue weighted by Gasteiger charge is -2.28. The Labute approximate surface area is 158 Å². The minimum atomic E-state index is 0.556. The van der Waals surface area contributed by atoms with Gasteiger partial charge in [0.15, 0.2) is 0 Å². The van der Waals surface area contributed by atoms with Crippen molar-refractivity contribution in [3.05, 3.63) is 76.3 Å². The van der Waals surface area contributed by atoms with E-state index in [1.54, 1.807) is 0 Å². The van der Waals surface area contributed by atoms with Gasteiger partial charge in [-0.25, -0.2) is 4.68 Å². The van der Waals surface area contributed by atoms with Crippen LogP contribution in [0.3, 0.4) is 0 Å². The standard InChI is InChI=1S/C21H22N4S/c26-21-24(15-23-13-12-16-6-4-5-7-18(16)14-23)22-20(17-10-11-17)25(21)19-8-2-1-3-9-19/h1-9,17H,10-15H2. The number of nitrogens with zero attached hydrogens (tertiary/aromatic N) is 4. The lowest BCUT2D eigenvalue weighted by molar-refractivity contribution is 0.188. The van der Waals surface area contributed by atoms with Gasteiger partial charge in [0, 0.05) is 24.7 Å². The Hall–Kier alpha value is -2.24. The van der Waals surface area contributed by atoms with Gasteiger partial charge in [0.05, 0.1) is 6.67 Å². The predicted octanol–water partition coefficient (Wildman–Crippen LogP) is 4.30. The zero-order chi connectivity index (χ0) is 17.5. The number of hydrogen-bond acceptors (Lipinski definition) is 3. The van der Waals surface area contributed by atoms with Crippen molar-refractivity contribution < 1.29 is 0 Å². The fourth-order valence-electron chi connectivity index (χ4n) is 3.81. The van der Waals surface area contributed by atoms with Crippen molar-refractivity contribution in [3.63, 3.8) is 0 Å². The van der Waals surface area contributed by atoms with E-state index in [-0.39, 0.29) is 0 Å². The molecule has 0 spiro atoms. The maximum Gasteiger partial charge on any atom is 0.203 e. The molecule has 1 fully saturated rings. The Morgan fingerprint density at radius 2 is 1.69 bits per heavy atom. The Morgan fingerprint density at radius 1 is 0.962 bits per heavy atom. The highest BCUT2D eigenvalue weighted by molar-refractivity contribution is 7.71. The Morgan fingerprint density at radius 3 is 2.46 bits per heavy atom. The van der Waals surface area contributed by atoms with Crippen LogP contribution in [0.4, 0.5) is 0 Å². The van der Waals surface area contributed by atoms with E-state index in [9.17, 15) is 0 Å². The molecule has 0 radical (unpaired) electrons. The highest BCUT2D eigenvalue weighted by atomic mass is 32.1. The van der Waals surface area contributed by atoms with Gasteiger partial charge in [-0.1, -0.05) is 42.5 Å². The molecule has 0 atom stereocenters. The molecule has 1 saturated carbocycles. The number of para-hydroxylation sites is 1. The average molecular weight is 363 g/mol. The molecule has 5 heteroatoms. The van der Waals surface area contributed by atoms with Crippen molar-refractivity contribution in [2.24, 2.45) is 0 Å². The molecular formula is C21H22N4S. The third-order valence-corrected chi connectivity index (χ3v) is 5.76. The molecule has 26 heavy (non-hydrogen) atoms. The molecule has 3 aromatic rings. The highest BCUT2D eigenvalue weighted by Crippen LogP contribution is 2.40. The summed E-state index contributed by atoms with van der Waals surface area (Å²) >= 11 is 5.82. The van der Waals surface area contributed by atoms with Crippen molar-refractivity contribution >= 4 is 12.2 Å². The van der Waals surface area contributed by atoms with E-state index >= 15 is 0 Å². The first-order chi connectivity index (χ1) is 12.8. The van der Waals surface area contributed by atoms with Crippen molar-refractivity contribution in [3.8, 4) is 5.69 Å². The van der Waals surface area contributed by atoms with Crippen LogP contribution in [0.2, 0.25) is 0 Å². The van der Waals surface area contributed by atoms with Crippen LogP contribution in [0, 0.1) is 4.77 Å². The summed E-state index contributed by atoms with van der Waals surface area (Å²) in [6, 6.07) is 19.1. The monoisotopic (exact) mass is 362 g/mol. The molecule has 1 aromatic heterocycles. The van der Waals surface area contributed by atoms with E-state index in [4.69, 9.17) is 17.3 Å². The van der Waals surface area contributed by atoms with E-state index < -0.39 is 0 Å². The van der Waals surface area contributed by atoms with Gasteiger partial charge >= 0.3 is 0 Å². The Balaban J connectivity index is 1.46. The van der Waals surface area contributed by atoms with Crippen molar-refractivity contribution in [2.75, 3.05) is 6.54 Å². The number of aromatic nitrogens is 3. The number of rotatable bonds is 4. The van der Waals surface area contributed by atoms with Gasteiger partial charge in [0.2, 0.25) is 4.77 Å². The summed E-state index contributed by atoms with van der Waals surface area (Å²) in [4.78, 5) is 2.44. The fraction of sp³-hybridized carbons (Fsp3) is 0.333. The lowest BCUT2D eigenvalue weighted by Crippen LogP contribution is -2.32. The topological polar surface area (TPSA) is 26.0 Å². The smallest absolute Gasteiger partial charge is 0.203 e. The fourth-order valence-corrected chi connectivity index (χ4v) is 4.10. The molecule has 0 N–H and O–H groups in total. The normalized spacial score (nSPS) is 17.2. The number of benzene rings is 2. The van der Waals surface area contributed by atoms with Gasteiger partial charge in [0.25, 0.3) is 0 Å².